The molecule has 0 aliphatic rings. The number of aliphatic imine (C=N–C) groups is 1. The van der Waals surface area contributed by atoms with Crippen molar-refractivity contribution in [3.8, 4) is 0 Å². The number of halogens is 1. The monoisotopic (exact) mass is 421 g/mol. The van der Waals surface area contributed by atoms with E-state index in [-0.39, 0.29) is 24.0 Å². The van der Waals surface area contributed by atoms with Crippen LogP contribution in [0.4, 0.5) is 0 Å². The fourth-order valence-corrected chi connectivity index (χ4v) is 2.29. The molecule has 0 spiro atoms. The lowest BCUT2D eigenvalue weighted by atomic mass is 9.91. The van der Waals surface area contributed by atoms with Crippen LogP contribution in [0.3, 0.4) is 0 Å². The molecule has 0 atom stereocenters. The normalized spacial score (nSPS) is 12.0. The first-order valence-electron chi connectivity index (χ1n) is 7.68. The fourth-order valence-electron chi connectivity index (χ4n) is 2.29. The molecule has 0 unspecified atom stereocenters. The summed E-state index contributed by atoms with van der Waals surface area (Å²) in [6, 6.07) is 0. The third-order valence-corrected chi connectivity index (χ3v) is 3.71. The van der Waals surface area contributed by atoms with Gasteiger partial charge in [0.1, 0.15) is 0 Å². The van der Waals surface area contributed by atoms with Gasteiger partial charge in [-0.05, 0) is 32.1 Å². The van der Waals surface area contributed by atoms with Gasteiger partial charge in [-0.1, -0.05) is 20.8 Å². The maximum atomic E-state index is 4.43. The topological polar surface area (TPSA) is 54.2 Å². The van der Waals surface area contributed by atoms with Crippen molar-refractivity contribution < 1.29 is 0 Å². The third-order valence-electron chi connectivity index (χ3n) is 3.71. The molecule has 0 aliphatic heterocycles. The van der Waals surface area contributed by atoms with Crippen molar-refractivity contribution in [2.45, 2.75) is 54.0 Å². The molecular formula is C16H32IN5. The zero-order valence-corrected chi connectivity index (χ0v) is 17.4. The number of hydrogen-bond acceptors (Lipinski definition) is 2. The van der Waals surface area contributed by atoms with Gasteiger partial charge >= 0.3 is 0 Å². The maximum Gasteiger partial charge on any atom is 0.191 e. The second-order valence-electron chi connectivity index (χ2n) is 6.79. The minimum Gasteiger partial charge on any atom is -0.356 e. The molecule has 128 valence electrons. The van der Waals surface area contributed by atoms with Crippen LogP contribution < -0.4 is 10.6 Å². The van der Waals surface area contributed by atoms with Gasteiger partial charge in [0.25, 0.3) is 0 Å². The molecule has 22 heavy (non-hydrogen) atoms. The van der Waals surface area contributed by atoms with Gasteiger partial charge in [-0.3, -0.25) is 9.67 Å². The summed E-state index contributed by atoms with van der Waals surface area (Å²) in [7, 11) is 3.79. The lowest BCUT2D eigenvalue weighted by Crippen LogP contribution is -2.37. The van der Waals surface area contributed by atoms with E-state index in [0.29, 0.717) is 5.41 Å². The smallest absolute Gasteiger partial charge is 0.191 e. The molecule has 1 aromatic rings. The Hall–Kier alpha value is -0.790. The summed E-state index contributed by atoms with van der Waals surface area (Å²) < 4.78 is 1.92. The predicted molar refractivity (Wildman–Crippen MR) is 105 cm³/mol. The Morgan fingerprint density at radius 1 is 1.23 bits per heavy atom. The van der Waals surface area contributed by atoms with Crippen molar-refractivity contribution in [1.29, 1.82) is 0 Å². The number of rotatable bonds is 5. The second kappa shape index (κ2) is 9.37. The molecule has 0 bridgehead atoms. The van der Waals surface area contributed by atoms with Gasteiger partial charge < -0.3 is 10.6 Å². The molecule has 6 heteroatoms. The minimum atomic E-state index is 0. The lowest BCUT2D eigenvalue weighted by Gasteiger charge is -2.18. The Bertz CT molecular complexity index is 485. The molecule has 5 nitrogen and oxygen atoms in total. The minimum absolute atomic E-state index is 0. The van der Waals surface area contributed by atoms with Gasteiger partial charge in [0.05, 0.1) is 5.69 Å². The van der Waals surface area contributed by atoms with Gasteiger partial charge in [0, 0.05) is 38.4 Å². The Labute approximate surface area is 152 Å². The zero-order valence-electron chi connectivity index (χ0n) is 15.1. The molecule has 2 N–H and O–H groups in total. The van der Waals surface area contributed by atoms with Crippen molar-refractivity contribution in [1.82, 2.24) is 20.4 Å². The molecule has 0 radical (unpaired) electrons. The Balaban J connectivity index is 0.00000441. The highest BCUT2D eigenvalue weighted by Gasteiger charge is 2.11. The van der Waals surface area contributed by atoms with E-state index < -0.39 is 0 Å². The number of nitrogens with zero attached hydrogens (tertiary/aromatic N) is 3. The summed E-state index contributed by atoms with van der Waals surface area (Å²) in [5, 5.41) is 11.2. The average Bonchev–Trinajstić information content (AvgIpc) is 2.62. The average molecular weight is 421 g/mol. The van der Waals surface area contributed by atoms with Crippen LogP contribution in [-0.2, 0) is 13.6 Å². The molecule has 1 rings (SSSR count). The van der Waals surface area contributed by atoms with E-state index in [4.69, 9.17) is 0 Å². The van der Waals surface area contributed by atoms with Gasteiger partial charge in [-0.15, -0.1) is 24.0 Å². The van der Waals surface area contributed by atoms with Gasteiger partial charge in [0.15, 0.2) is 5.96 Å². The quantitative estimate of drug-likeness (QED) is 0.333. The van der Waals surface area contributed by atoms with E-state index in [9.17, 15) is 0 Å². The molecular weight excluding hydrogens is 389 g/mol. The highest BCUT2D eigenvalue weighted by atomic mass is 127. The van der Waals surface area contributed by atoms with Crippen molar-refractivity contribution in [3.63, 3.8) is 0 Å². The summed E-state index contributed by atoms with van der Waals surface area (Å²) in [5.74, 6) is 0.853. The van der Waals surface area contributed by atoms with Crippen LogP contribution in [0.15, 0.2) is 4.99 Å². The van der Waals surface area contributed by atoms with Gasteiger partial charge in [0.2, 0.25) is 0 Å². The van der Waals surface area contributed by atoms with Gasteiger partial charge in [-0.25, -0.2) is 0 Å². The second-order valence-corrected chi connectivity index (χ2v) is 6.79. The van der Waals surface area contributed by atoms with Crippen molar-refractivity contribution >= 4 is 29.9 Å². The van der Waals surface area contributed by atoms with Crippen LogP contribution in [0.5, 0.6) is 0 Å². The van der Waals surface area contributed by atoms with E-state index in [1.54, 1.807) is 0 Å². The Kier molecular flexibility index (Phi) is 9.04. The van der Waals surface area contributed by atoms with E-state index >= 15 is 0 Å². The molecule has 1 heterocycles. The van der Waals surface area contributed by atoms with E-state index in [1.807, 2.05) is 25.7 Å². The van der Waals surface area contributed by atoms with E-state index in [2.05, 4.69) is 48.4 Å². The predicted octanol–water partition coefficient (Wildman–Crippen LogP) is 3.15. The van der Waals surface area contributed by atoms with Crippen LogP contribution in [-0.4, -0.2) is 29.3 Å². The zero-order chi connectivity index (χ0) is 16.0. The number of aromatic nitrogens is 2. The SMILES string of the molecule is CN=C(NCCCC(C)(C)C)NCc1c(C)nn(C)c1C.I. The molecule has 0 fully saturated rings. The first kappa shape index (κ1) is 21.2. The highest BCUT2D eigenvalue weighted by Crippen LogP contribution is 2.19. The summed E-state index contributed by atoms with van der Waals surface area (Å²) in [6.45, 7) is 12.7. The number of nitrogens with one attached hydrogen (secondary N) is 2. The standard InChI is InChI=1S/C16H31N5.HI/c1-12-14(13(2)21(7)20-12)11-19-15(17-6)18-10-8-9-16(3,4)5;/h8-11H2,1-7H3,(H2,17,18,19);1H. The highest BCUT2D eigenvalue weighted by molar-refractivity contribution is 14.0. The molecule has 0 aliphatic carbocycles. The van der Waals surface area contributed by atoms with Crippen molar-refractivity contribution in [2.24, 2.45) is 17.5 Å². The van der Waals surface area contributed by atoms with Crippen molar-refractivity contribution in [2.75, 3.05) is 13.6 Å². The lowest BCUT2D eigenvalue weighted by molar-refractivity contribution is 0.365. The number of guanidine groups is 1. The summed E-state index contributed by atoms with van der Waals surface area (Å²) >= 11 is 0. The Morgan fingerprint density at radius 3 is 2.32 bits per heavy atom. The number of hydrogen-bond donors (Lipinski definition) is 2. The van der Waals surface area contributed by atoms with Crippen molar-refractivity contribution in [3.05, 3.63) is 17.0 Å². The summed E-state index contributed by atoms with van der Waals surface area (Å²) in [5.41, 5.74) is 3.91. The first-order valence-corrected chi connectivity index (χ1v) is 7.68. The largest absolute Gasteiger partial charge is 0.356 e. The van der Waals surface area contributed by atoms with E-state index in [0.717, 1.165) is 31.2 Å². The molecule has 1 aromatic heterocycles. The first-order chi connectivity index (χ1) is 9.74. The Morgan fingerprint density at radius 2 is 1.86 bits per heavy atom. The summed E-state index contributed by atoms with van der Waals surface area (Å²) in [6.07, 6.45) is 2.35. The maximum absolute atomic E-state index is 4.43. The van der Waals surface area contributed by atoms with Crippen LogP contribution in [0.2, 0.25) is 0 Å². The third kappa shape index (κ3) is 6.98. The summed E-state index contributed by atoms with van der Waals surface area (Å²) in [4.78, 5) is 4.27. The van der Waals surface area contributed by atoms with E-state index in [1.165, 1.54) is 17.7 Å². The molecule has 0 aromatic carbocycles. The van der Waals surface area contributed by atoms with Crippen LogP contribution >= 0.6 is 24.0 Å². The van der Waals surface area contributed by atoms with Crippen LogP contribution in [0, 0.1) is 19.3 Å². The van der Waals surface area contributed by atoms with Gasteiger partial charge in [-0.2, -0.15) is 5.10 Å². The number of aryl methyl sites for hydroxylation is 2. The molecule has 0 amide bonds. The fraction of sp³-hybridized carbons (Fsp3) is 0.750. The van der Waals surface area contributed by atoms with Crippen LogP contribution in [0.1, 0.15) is 50.6 Å². The van der Waals surface area contributed by atoms with Crippen LogP contribution in [0.25, 0.3) is 0 Å². The molecule has 0 saturated heterocycles. The molecule has 0 saturated carbocycles.